The molecule has 3 heteroatoms. The Labute approximate surface area is 70.9 Å². The van der Waals surface area contributed by atoms with Crippen LogP contribution in [0.3, 0.4) is 0 Å². The van der Waals surface area contributed by atoms with Gasteiger partial charge in [-0.3, -0.25) is 10.2 Å². The summed E-state index contributed by atoms with van der Waals surface area (Å²) in [6.07, 6.45) is 3.08. The molecule has 1 rings (SSSR count). The van der Waals surface area contributed by atoms with Gasteiger partial charge in [0.2, 0.25) is 0 Å². The Morgan fingerprint density at radius 2 is 2.00 bits per heavy atom. The van der Waals surface area contributed by atoms with Gasteiger partial charge >= 0.3 is 0 Å². The van der Waals surface area contributed by atoms with Gasteiger partial charge in [0.25, 0.3) is 5.91 Å². The van der Waals surface area contributed by atoms with Crippen molar-refractivity contribution in [1.82, 2.24) is 5.43 Å². The van der Waals surface area contributed by atoms with E-state index in [1.54, 1.807) is 6.08 Å². The van der Waals surface area contributed by atoms with Crippen molar-refractivity contribution >= 4 is 12.0 Å². The summed E-state index contributed by atoms with van der Waals surface area (Å²) in [5.41, 5.74) is 2.98. The van der Waals surface area contributed by atoms with E-state index >= 15 is 0 Å². The number of hydrogen-bond donors (Lipinski definition) is 2. The molecule has 0 aliphatic carbocycles. The third kappa shape index (κ3) is 2.56. The molecule has 0 atom stereocenters. The molecule has 0 spiro atoms. The summed E-state index contributed by atoms with van der Waals surface area (Å²) in [4.78, 5) is 10.7. The summed E-state index contributed by atoms with van der Waals surface area (Å²) in [6, 6.07) is 9.53. The molecule has 0 fully saturated rings. The highest BCUT2D eigenvalue weighted by molar-refractivity contribution is 5.91. The summed E-state index contributed by atoms with van der Waals surface area (Å²) in [6.45, 7) is 0. The van der Waals surface area contributed by atoms with E-state index in [0.717, 1.165) is 5.56 Å². The fourth-order valence-electron chi connectivity index (χ4n) is 0.784. The minimum absolute atomic E-state index is 0.307. The third-order valence-corrected chi connectivity index (χ3v) is 1.37. The van der Waals surface area contributed by atoms with E-state index in [0.29, 0.717) is 0 Å². The van der Waals surface area contributed by atoms with Crippen molar-refractivity contribution in [1.29, 1.82) is 0 Å². The van der Waals surface area contributed by atoms with Crippen molar-refractivity contribution in [3.05, 3.63) is 42.0 Å². The van der Waals surface area contributed by atoms with Crippen LogP contribution < -0.4 is 11.3 Å². The van der Waals surface area contributed by atoms with Crippen LogP contribution in [0.4, 0.5) is 0 Å². The van der Waals surface area contributed by atoms with Crippen molar-refractivity contribution in [2.24, 2.45) is 5.84 Å². The summed E-state index contributed by atoms with van der Waals surface area (Å²) in [5, 5.41) is 0. The number of hydrogen-bond acceptors (Lipinski definition) is 2. The van der Waals surface area contributed by atoms with Crippen molar-refractivity contribution in [2.45, 2.75) is 0 Å². The van der Waals surface area contributed by atoms with Crippen LogP contribution in [0.5, 0.6) is 0 Å². The number of hydrazine groups is 1. The number of amides is 1. The zero-order chi connectivity index (χ0) is 8.81. The van der Waals surface area contributed by atoms with Gasteiger partial charge in [-0.2, -0.15) is 0 Å². The zero-order valence-corrected chi connectivity index (χ0v) is 6.53. The summed E-state index contributed by atoms with van der Waals surface area (Å²) in [5.74, 6) is 4.58. The molecule has 0 saturated carbocycles. The van der Waals surface area contributed by atoms with Gasteiger partial charge < -0.3 is 0 Å². The Bertz CT molecular complexity index is 280. The number of rotatable bonds is 2. The molecule has 62 valence electrons. The second kappa shape index (κ2) is 4.31. The largest absolute Gasteiger partial charge is 0.291 e. The molecule has 1 amide bonds. The number of carbonyl (C=O) groups excluding carboxylic acids is 1. The molecule has 3 nitrogen and oxygen atoms in total. The monoisotopic (exact) mass is 162 g/mol. The molecule has 12 heavy (non-hydrogen) atoms. The van der Waals surface area contributed by atoms with Crippen molar-refractivity contribution in [2.75, 3.05) is 0 Å². The number of carbonyl (C=O) groups is 1. The Morgan fingerprint density at radius 3 is 2.58 bits per heavy atom. The molecule has 0 aliphatic rings. The van der Waals surface area contributed by atoms with Crippen molar-refractivity contribution < 1.29 is 4.79 Å². The van der Waals surface area contributed by atoms with Gasteiger partial charge in [0, 0.05) is 6.08 Å². The van der Waals surface area contributed by atoms with Crippen molar-refractivity contribution in [3.63, 3.8) is 0 Å². The van der Waals surface area contributed by atoms with E-state index in [-0.39, 0.29) is 5.91 Å². The Balaban J connectivity index is 2.64. The van der Waals surface area contributed by atoms with Crippen LogP contribution in [-0.2, 0) is 4.79 Å². The molecule has 0 heterocycles. The van der Waals surface area contributed by atoms with Crippen LogP contribution in [0.1, 0.15) is 5.56 Å². The standard InChI is InChI=1S/C9H10N2O/c10-11-9(12)7-6-8-4-2-1-3-5-8/h1-7H,10H2,(H,11,12)/b7-6-. The normalized spacial score (nSPS) is 10.1. The van der Waals surface area contributed by atoms with Crippen LogP contribution >= 0.6 is 0 Å². The maximum Gasteiger partial charge on any atom is 0.257 e. The van der Waals surface area contributed by atoms with Gasteiger partial charge in [0.05, 0.1) is 0 Å². The maximum atomic E-state index is 10.7. The summed E-state index contributed by atoms with van der Waals surface area (Å²) >= 11 is 0. The first-order valence-electron chi connectivity index (χ1n) is 3.56. The van der Waals surface area contributed by atoms with Crippen molar-refractivity contribution in [3.8, 4) is 0 Å². The smallest absolute Gasteiger partial charge is 0.257 e. The van der Waals surface area contributed by atoms with Crippen LogP contribution in [0.2, 0.25) is 0 Å². The molecule has 0 aliphatic heterocycles. The predicted octanol–water partition coefficient (Wildman–Crippen LogP) is 0.690. The molecule has 0 saturated heterocycles. The van der Waals surface area contributed by atoms with E-state index in [9.17, 15) is 4.79 Å². The average Bonchev–Trinajstić information content (AvgIpc) is 2.16. The first-order valence-corrected chi connectivity index (χ1v) is 3.56. The Hall–Kier alpha value is -1.61. The predicted molar refractivity (Wildman–Crippen MR) is 47.8 cm³/mol. The molecular formula is C9H10N2O. The van der Waals surface area contributed by atoms with Crippen LogP contribution in [0.25, 0.3) is 6.08 Å². The highest BCUT2D eigenvalue weighted by atomic mass is 16.2. The first-order chi connectivity index (χ1) is 5.83. The minimum atomic E-state index is -0.307. The lowest BCUT2D eigenvalue weighted by Gasteiger charge is -1.91. The highest BCUT2D eigenvalue weighted by Gasteiger charge is 1.88. The molecule has 0 radical (unpaired) electrons. The number of nitrogens with one attached hydrogen (secondary N) is 1. The lowest BCUT2D eigenvalue weighted by Crippen LogP contribution is -2.27. The summed E-state index contributed by atoms with van der Waals surface area (Å²) < 4.78 is 0. The first kappa shape index (κ1) is 8.49. The van der Waals surface area contributed by atoms with Gasteiger partial charge in [0.1, 0.15) is 0 Å². The van der Waals surface area contributed by atoms with Crippen LogP contribution in [0, 0.1) is 0 Å². The zero-order valence-electron chi connectivity index (χ0n) is 6.53. The van der Waals surface area contributed by atoms with E-state index in [4.69, 9.17) is 5.84 Å². The van der Waals surface area contributed by atoms with Gasteiger partial charge in [-0.25, -0.2) is 5.84 Å². The van der Waals surface area contributed by atoms with E-state index in [1.807, 2.05) is 35.8 Å². The Kier molecular flexibility index (Phi) is 3.04. The number of nitrogens with two attached hydrogens (primary N) is 1. The fraction of sp³-hybridized carbons (Fsp3) is 0. The van der Waals surface area contributed by atoms with Gasteiger partial charge in [-0.05, 0) is 11.6 Å². The lowest BCUT2D eigenvalue weighted by molar-refractivity contribution is -0.116. The second-order valence-corrected chi connectivity index (χ2v) is 2.25. The van der Waals surface area contributed by atoms with Gasteiger partial charge in [0.15, 0.2) is 0 Å². The average molecular weight is 162 g/mol. The molecule has 1 aromatic rings. The third-order valence-electron chi connectivity index (χ3n) is 1.37. The minimum Gasteiger partial charge on any atom is -0.291 e. The second-order valence-electron chi connectivity index (χ2n) is 2.25. The maximum absolute atomic E-state index is 10.7. The summed E-state index contributed by atoms with van der Waals surface area (Å²) in [7, 11) is 0. The SMILES string of the molecule is NNC(=O)/C=C\c1ccccc1. The fourth-order valence-corrected chi connectivity index (χ4v) is 0.784. The van der Waals surface area contributed by atoms with Gasteiger partial charge in [-0.1, -0.05) is 30.3 Å². The lowest BCUT2D eigenvalue weighted by atomic mass is 10.2. The molecule has 3 N–H and O–H groups in total. The van der Waals surface area contributed by atoms with Gasteiger partial charge in [-0.15, -0.1) is 0 Å². The highest BCUT2D eigenvalue weighted by Crippen LogP contribution is 1.99. The van der Waals surface area contributed by atoms with E-state index in [2.05, 4.69) is 0 Å². The van der Waals surface area contributed by atoms with E-state index < -0.39 is 0 Å². The van der Waals surface area contributed by atoms with Crippen LogP contribution in [-0.4, -0.2) is 5.91 Å². The topological polar surface area (TPSA) is 55.1 Å². The molecular weight excluding hydrogens is 152 g/mol. The molecule has 0 aromatic heterocycles. The molecule has 0 bridgehead atoms. The van der Waals surface area contributed by atoms with Crippen LogP contribution in [0.15, 0.2) is 36.4 Å². The quantitative estimate of drug-likeness (QED) is 0.291. The molecule has 1 aromatic carbocycles. The van der Waals surface area contributed by atoms with E-state index in [1.165, 1.54) is 6.08 Å². The Morgan fingerprint density at radius 1 is 1.33 bits per heavy atom. The number of benzene rings is 1. The molecule has 0 unspecified atom stereocenters.